The molecule has 1 aliphatic heterocycles. The molecule has 0 saturated carbocycles. The number of benzene rings is 2. The van der Waals surface area contributed by atoms with E-state index in [0.717, 1.165) is 30.6 Å². The van der Waals surface area contributed by atoms with Gasteiger partial charge in [-0.15, -0.1) is 0 Å². The van der Waals surface area contributed by atoms with E-state index in [9.17, 15) is 13.2 Å². The van der Waals surface area contributed by atoms with Crippen LogP contribution in [0.4, 0.5) is 5.69 Å². The molecule has 34 heavy (non-hydrogen) atoms. The fourth-order valence-electron chi connectivity index (χ4n) is 4.44. The van der Waals surface area contributed by atoms with Gasteiger partial charge in [-0.05, 0) is 49.2 Å². The van der Waals surface area contributed by atoms with Gasteiger partial charge in [0.25, 0.3) is 0 Å². The van der Waals surface area contributed by atoms with E-state index in [0.29, 0.717) is 47.7 Å². The number of amides is 1. The van der Waals surface area contributed by atoms with Crippen molar-refractivity contribution >= 4 is 43.8 Å². The van der Waals surface area contributed by atoms with Crippen LogP contribution in [0, 0.1) is 6.92 Å². The molecule has 5 rings (SSSR count). The second kappa shape index (κ2) is 8.84. The number of nitrogens with zero attached hydrogens (tertiary/aromatic N) is 4. The number of sulfonamides is 1. The van der Waals surface area contributed by atoms with Gasteiger partial charge in [0.15, 0.2) is 11.5 Å². The molecule has 0 atom stereocenters. The van der Waals surface area contributed by atoms with E-state index in [4.69, 9.17) is 4.42 Å². The molecule has 178 valence electrons. The van der Waals surface area contributed by atoms with Crippen molar-refractivity contribution in [2.24, 2.45) is 7.05 Å². The highest BCUT2D eigenvalue weighted by Crippen LogP contribution is 2.25. The fourth-order valence-corrected chi connectivity index (χ4v) is 5.97. The van der Waals surface area contributed by atoms with Gasteiger partial charge in [-0.25, -0.2) is 18.4 Å². The number of imidazole rings is 1. The number of fused-ring (bicyclic) bond motifs is 2. The first-order valence-electron chi connectivity index (χ1n) is 11.4. The van der Waals surface area contributed by atoms with Gasteiger partial charge in [0.05, 0.1) is 15.9 Å². The summed E-state index contributed by atoms with van der Waals surface area (Å²) >= 11 is 0. The molecule has 1 saturated heterocycles. The highest BCUT2D eigenvalue weighted by Gasteiger charge is 2.26. The zero-order chi connectivity index (χ0) is 23.9. The summed E-state index contributed by atoms with van der Waals surface area (Å²) in [6.45, 7) is 2.90. The first-order valence-corrected chi connectivity index (χ1v) is 12.9. The average Bonchev–Trinajstić information content (AvgIpc) is 3.36. The molecule has 0 spiro atoms. The molecule has 0 bridgehead atoms. The Labute approximate surface area is 197 Å². The zero-order valence-electron chi connectivity index (χ0n) is 19.2. The predicted octanol–water partition coefficient (Wildman–Crippen LogP) is 3.77. The molecule has 3 heterocycles. The van der Waals surface area contributed by atoms with Crippen molar-refractivity contribution in [1.82, 2.24) is 18.8 Å². The fraction of sp³-hybridized carbons (Fsp3) is 0.375. The molecule has 9 nitrogen and oxygen atoms in total. The van der Waals surface area contributed by atoms with Crippen LogP contribution < -0.4 is 5.32 Å². The van der Waals surface area contributed by atoms with Crippen molar-refractivity contribution in [3.8, 4) is 0 Å². The molecule has 1 aliphatic rings. The number of anilines is 1. The van der Waals surface area contributed by atoms with E-state index in [1.807, 2.05) is 11.6 Å². The quantitative estimate of drug-likeness (QED) is 0.449. The second-order valence-electron chi connectivity index (χ2n) is 8.67. The third-order valence-corrected chi connectivity index (χ3v) is 8.15. The highest BCUT2D eigenvalue weighted by atomic mass is 32.2. The molecule has 4 aromatic rings. The van der Waals surface area contributed by atoms with Crippen molar-refractivity contribution < 1.29 is 17.6 Å². The van der Waals surface area contributed by atoms with E-state index in [2.05, 4.69) is 15.3 Å². The monoisotopic (exact) mass is 481 g/mol. The lowest BCUT2D eigenvalue weighted by molar-refractivity contribution is -0.116. The number of hydrogen-bond donors (Lipinski definition) is 1. The molecule has 10 heteroatoms. The van der Waals surface area contributed by atoms with Crippen LogP contribution >= 0.6 is 0 Å². The number of aromatic nitrogens is 3. The van der Waals surface area contributed by atoms with Gasteiger partial charge in [0, 0.05) is 45.6 Å². The minimum atomic E-state index is -3.52. The Bertz CT molecular complexity index is 1480. The van der Waals surface area contributed by atoms with E-state index in [-0.39, 0.29) is 17.2 Å². The van der Waals surface area contributed by atoms with Crippen molar-refractivity contribution in [3.05, 3.63) is 48.1 Å². The molecule has 0 radical (unpaired) electrons. The van der Waals surface area contributed by atoms with Crippen LogP contribution in [0.3, 0.4) is 0 Å². The number of carbonyl (C=O) groups is 1. The summed E-state index contributed by atoms with van der Waals surface area (Å²) in [7, 11) is -1.65. The van der Waals surface area contributed by atoms with Crippen molar-refractivity contribution in [3.63, 3.8) is 0 Å². The Morgan fingerprint density at radius 3 is 2.65 bits per heavy atom. The van der Waals surface area contributed by atoms with Crippen LogP contribution in [0.15, 0.2) is 45.7 Å². The van der Waals surface area contributed by atoms with E-state index in [1.54, 1.807) is 47.6 Å². The number of aryl methyl sites for hydroxylation is 3. The van der Waals surface area contributed by atoms with Crippen molar-refractivity contribution in [2.75, 3.05) is 18.4 Å². The van der Waals surface area contributed by atoms with Gasteiger partial charge in [0.2, 0.25) is 15.9 Å². The summed E-state index contributed by atoms with van der Waals surface area (Å²) in [5.74, 6) is 1.16. The van der Waals surface area contributed by atoms with Crippen molar-refractivity contribution in [1.29, 1.82) is 0 Å². The number of carbonyl (C=O) groups excluding carboxylic acids is 1. The van der Waals surface area contributed by atoms with Crippen LogP contribution in [-0.4, -0.2) is 46.3 Å². The maximum Gasteiger partial charge on any atom is 0.243 e. The van der Waals surface area contributed by atoms with E-state index < -0.39 is 10.0 Å². The lowest BCUT2D eigenvalue weighted by Gasteiger charge is -2.25. The molecule has 1 amide bonds. The Balaban J connectivity index is 1.29. The Hall–Kier alpha value is -3.24. The smallest absolute Gasteiger partial charge is 0.243 e. The highest BCUT2D eigenvalue weighted by molar-refractivity contribution is 7.89. The summed E-state index contributed by atoms with van der Waals surface area (Å²) in [4.78, 5) is 21.7. The summed E-state index contributed by atoms with van der Waals surface area (Å²) in [6, 6.07) is 10.4. The van der Waals surface area contributed by atoms with Crippen LogP contribution in [0.5, 0.6) is 0 Å². The van der Waals surface area contributed by atoms with Gasteiger partial charge in [0.1, 0.15) is 11.3 Å². The molecular weight excluding hydrogens is 454 g/mol. The third-order valence-electron chi connectivity index (χ3n) is 6.25. The maximum absolute atomic E-state index is 13.0. The number of nitrogens with one attached hydrogen (secondary N) is 1. The van der Waals surface area contributed by atoms with E-state index in [1.165, 1.54) is 0 Å². The number of piperidine rings is 1. The second-order valence-corrected chi connectivity index (χ2v) is 10.6. The van der Waals surface area contributed by atoms with Crippen LogP contribution in [0.25, 0.3) is 22.1 Å². The van der Waals surface area contributed by atoms with Gasteiger partial charge >= 0.3 is 0 Å². The Morgan fingerprint density at radius 2 is 1.85 bits per heavy atom. The van der Waals surface area contributed by atoms with Gasteiger partial charge in [-0.1, -0.05) is 6.42 Å². The van der Waals surface area contributed by atoms with Crippen LogP contribution in [0.2, 0.25) is 0 Å². The normalized spacial score (nSPS) is 15.2. The molecule has 1 N–H and O–H groups in total. The first-order chi connectivity index (χ1) is 16.3. The Kier molecular flexibility index (Phi) is 5.86. The Morgan fingerprint density at radius 1 is 1.06 bits per heavy atom. The van der Waals surface area contributed by atoms with Gasteiger partial charge < -0.3 is 14.3 Å². The molecule has 2 aromatic carbocycles. The topological polar surface area (TPSA) is 110 Å². The lowest BCUT2D eigenvalue weighted by Crippen LogP contribution is -2.35. The standard InChI is InChI=1S/C24H27N5O4S/c1-16-25-20-14-17(6-9-22(20)33-16)26-24(30)11-10-23-27-19-15-18(7-8-21(19)28(23)2)34(31,32)29-12-4-3-5-13-29/h6-9,14-15H,3-5,10-13H2,1-2H3,(H,26,30). The molecular formula is C24H27N5O4S. The minimum absolute atomic E-state index is 0.139. The molecule has 1 fully saturated rings. The average molecular weight is 482 g/mol. The summed E-state index contributed by atoms with van der Waals surface area (Å²) in [6.07, 6.45) is 3.52. The maximum atomic E-state index is 13.0. The zero-order valence-corrected chi connectivity index (χ0v) is 20.1. The van der Waals surface area contributed by atoms with Gasteiger partial charge in [-0.3, -0.25) is 4.79 Å². The summed E-state index contributed by atoms with van der Waals surface area (Å²) < 4.78 is 35.0. The van der Waals surface area contributed by atoms with E-state index >= 15 is 0 Å². The lowest BCUT2D eigenvalue weighted by atomic mass is 10.2. The third kappa shape index (κ3) is 4.30. The number of rotatable bonds is 6. The van der Waals surface area contributed by atoms with Crippen molar-refractivity contribution in [2.45, 2.75) is 43.9 Å². The first kappa shape index (κ1) is 22.5. The molecule has 2 aromatic heterocycles. The SMILES string of the molecule is Cc1nc2cc(NC(=O)CCc3nc4cc(S(=O)(=O)N5CCCCC5)ccc4n3C)ccc2o1. The van der Waals surface area contributed by atoms with Crippen LogP contribution in [0.1, 0.15) is 37.4 Å². The minimum Gasteiger partial charge on any atom is -0.441 e. The summed E-state index contributed by atoms with van der Waals surface area (Å²) in [5, 5.41) is 2.89. The molecule has 0 unspecified atom stereocenters. The molecule has 0 aliphatic carbocycles. The summed E-state index contributed by atoms with van der Waals surface area (Å²) in [5.41, 5.74) is 3.48. The van der Waals surface area contributed by atoms with Gasteiger partial charge in [-0.2, -0.15) is 4.31 Å². The number of oxazole rings is 1. The number of hydrogen-bond acceptors (Lipinski definition) is 6. The largest absolute Gasteiger partial charge is 0.441 e. The van der Waals surface area contributed by atoms with Crippen LogP contribution in [-0.2, 0) is 28.3 Å². The predicted molar refractivity (Wildman–Crippen MR) is 129 cm³/mol.